The lowest BCUT2D eigenvalue weighted by Gasteiger charge is -2.04. The Bertz CT molecular complexity index is 634. The smallest absolute Gasteiger partial charge is 0.209 e. The fourth-order valence-corrected chi connectivity index (χ4v) is 2.71. The molecule has 0 spiro atoms. The third kappa shape index (κ3) is 3.31. The molecule has 1 aromatic carbocycles. The van der Waals surface area contributed by atoms with Crippen molar-refractivity contribution in [2.45, 2.75) is 13.0 Å². The predicted molar refractivity (Wildman–Crippen MR) is 72.2 cm³/mol. The first-order valence-corrected chi connectivity index (χ1v) is 7.71. The van der Waals surface area contributed by atoms with E-state index in [9.17, 15) is 8.42 Å². The van der Waals surface area contributed by atoms with Crippen molar-refractivity contribution in [3.8, 4) is 0 Å². The minimum absolute atomic E-state index is 0.0171. The molecule has 0 saturated heterocycles. The zero-order valence-corrected chi connectivity index (χ0v) is 11.5. The van der Waals surface area contributed by atoms with Crippen molar-refractivity contribution in [3.63, 3.8) is 0 Å². The van der Waals surface area contributed by atoms with E-state index in [1.807, 2.05) is 35.0 Å². The minimum atomic E-state index is -3.36. The lowest BCUT2D eigenvalue weighted by molar-refractivity contribution is 0.589. The van der Waals surface area contributed by atoms with Gasteiger partial charge >= 0.3 is 0 Å². The molecule has 0 fully saturated rings. The molecule has 92 valence electrons. The van der Waals surface area contributed by atoms with Gasteiger partial charge in [-0.2, -0.15) is 0 Å². The van der Waals surface area contributed by atoms with Crippen molar-refractivity contribution in [1.82, 2.24) is 4.57 Å². The first kappa shape index (κ1) is 12.6. The highest BCUT2D eigenvalue weighted by Gasteiger charge is 2.04. The summed E-state index contributed by atoms with van der Waals surface area (Å²) in [5.41, 5.74) is 1.10. The molecule has 2 aromatic rings. The van der Waals surface area contributed by atoms with E-state index in [0.717, 1.165) is 15.4 Å². The van der Waals surface area contributed by atoms with Crippen LogP contribution in [0.15, 0.2) is 34.9 Å². The number of rotatable bonds is 4. The van der Waals surface area contributed by atoms with Crippen LogP contribution < -0.4 is 5.14 Å². The van der Waals surface area contributed by atoms with Crippen molar-refractivity contribution in [2.75, 3.05) is 5.75 Å². The Morgan fingerprint density at radius 3 is 2.76 bits per heavy atom. The number of hydrogen-bond acceptors (Lipinski definition) is 2. The summed E-state index contributed by atoms with van der Waals surface area (Å²) in [5, 5.41) is 6.10. The van der Waals surface area contributed by atoms with Crippen LogP contribution in [0.2, 0.25) is 0 Å². The Morgan fingerprint density at radius 2 is 2.06 bits per heavy atom. The third-order valence-electron chi connectivity index (χ3n) is 2.56. The number of aryl methyl sites for hydroxylation is 1. The topological polar surface area (TPSA) is 65.1 Å². The fraction of sp³-hybridized carbons (Fsp3) is 0.273. The van der Waals surface area contributed by atoms with Crippen LogP contribution in [0.1, 0.15) is 6.42 Å². The Hall–Kier alpha value is -0.850. The molecule has 4 nitrogen and oxygen atoms in total. The number of halogens is 1. The lowest BCUT2D eigenvalue weighted by Crippen LogP contribution is -2.17. The molecule has 0 unspecified atom stereocenters. The predicted octanol–water partition coefficient (Wildman–Crippen LogP) is 2.08. The first-order chi connectivity index (χ1) is 7.96. The molecule has 0 aliphatic carbocycles. The van der Waals surface area contributed by atoms with Crippen LogP contribution in [0.3, 0.4) is 0 Å². The lowest BCUT2D eigenvalue weighted by atomic mass is 10.2. The second-order valence-electron chi connectivity index (χ2n) is 3.93. The van der Waals surface area contributed by atoms with E-state index in [2.05, 4.69) is 15.9 Å². The molecule has 0 atom stereocenters. The standard InChI is InChI=1S/C11H13BrN2O2S/c12-10-2-3-11-9(8-10)4-6-14(11)5-1-7-17(13,15)16/h2-4,6,8H,1,5,7H2,(H2,13,15,16). The SMILES string of the molecule is NS(=O)(=O)CCCn1ccc2cc(Br)ccc21. The zero-order chi connectivity index (χ0) is 12.5. The third-order valence-corrected chi connectivity index (χ3v) is 3.91. The maximum atomic E-state index is 10.8. The summed E-state index contributed by atoms with van der Waals surface area (Å²) < 4.78 is 24.7. The maximum absolute atomic E-state index is 10.8. The van der Waals surface area contributed by atoms with E-state index >= 15 is 0 Å². The van der Waals surface area contributed by atoms with Crippen molar-refractivity contribution in [1.29, 1.82) is 0 Å². The largest absolute Gasteiger partial charge is 0.347 e. The van der Waals surface area contributed by atoms with Crippen LogP contribution in [0, 0.1) is 0 Å². The number of nitrogens with zero attached hydrogens (tertiary/aromatic N) is 1. The number of sulfonamides is 1. The van der Waals surface area contributed by atoms with Gasteiger partial charge in [-0.25, -0.2) is 13.6 Å². The number of benzene rings is 1. The van der Waals surface area contributed by atoms with Crippen LogP contribution in [0.25, 0.3) is 10.9 Å². The van der Waals surface area contributed by atoms with Gasteiger partial charge in [0.25, 0.3) is 0 Å². The van der Waals surface area contributed by atoms with Crippen LogP contribution in [-0.2, 0) is 16.6 Å². The number of nitrogens with two attached hydrogens (primary N) is 1. The van der Waals surface area contributed by atoms with E-state index in [0.29, 0.717) is 13.0 Å². The summed E-state index contributed by atoms with van der Waals surface area (Å²) in [7, 11) is -3.36. The summed E-state index contributed by atoms with van der Waals surface area (Å²) in [5.74, 6) is 0.0171. The van der Waals surface area contributed by atoms with E-state index < -0.39 is 10.0 Å². The number of primary sulfonamides is 1. The monoisotopic (exact) mass is 316 g/mol. The second kappa shape index (κ2) is 4.80. The number of aromatic nitrogens is 1. The quantitative estimate of drug-likeness (QED) is 0.938. The molecule has 0 bridgehead atoms. The van der Waals surface area contributed by atoms with Gasteiger partial charge in [-0.3, -0.25) is 0 Å². The molecule has 6 heteroatoms. The fourth-order valence-electron chi connectivity index (χ4n) is 1.80. The molecular formula is C11H13BrN2O2S. The normalized spacial score (nSPS) is 12.1. The molecule has 17 heavy (non-hydrogen) atoms. The Labute approximate surface area is 109 Å². The van der Waals surface area contributed by atoms with Crippen molar-refractivity contribution < 1.29 is 8.42 Å². The van der Waals surface area contributed by atoms with Crippen LogP contribution in [0.5, 0.6) is 0 Å². The van der Waals surface area contributed by atoms with Crippen molar-refractivity contribution >= 4 is 36.9 Å². The van der Waals surface area contributed by atoms with Gasteiger partial charge in [-0.1, -0.05) is 15.9 Å². The number of hydrogen-bond donors (Lipinski definition) is 1. The molecule has 0 aliphatic heterocycles. The van der Waals surface area contributed by atoms with E-state index in [4.69, 9.17) is 5.14 Å². The highest BCUT2D eigenvalue weighted by atomic mass is 79.9. The van der Waals surface area contributed by atoms with Crippen molar-refractivity contribution in [2.24, 2.45) is 5.14 Å². The average Bonchev–Trinajstić information content (AvgIpc) is 2.59. The first-order valence-electron chi connectivity index (χ1n) is 5.20. The van der Waals surface area contributed by atoms with Crippen LogP contribution in [-0.4, -0.2) is 18.7 Å². The maximum Gasteiger partial charge on any atom is 0.209 e. The number of fused-ring (bicyclic) bond motifs is 1. The van der Waals surface area contributed by atoms with E-state index in [1.54, 1.807) is 0 Å². The van der Waals surface area contributed by atoms with E-state index in [-0.39, 0.29) is 5.75 Å². The van der Waals surface area contributed by atoms with Gasteiger partial charge in [0.2, 0.25) is 10.0 Å². The van der Waals surface area contributed by atoms with Gasteiger partial charge in [-0.15, -0.1) is 0 Å². The summed E-state index contributed by atoms with van der Waals surface area (Å²) in [6.07, 6.45) is 2.49. The van der Waals surface area contributed by atoms with Crippen LogP contribution in [0.4, 0.5) is 0 Å². The molecule has 0 saturated carbocycles. The van der Waals surface area contributed by atoms with Crippen LogP contribution >= 0.6 is 15.9 Å². The van der Waals surface area contributed by atoms with Gasteiger partial charge in [0, 0.05) is 28.1 Å². The van der Waals surface area contributed by atoms with Gasteiger partial charge in [0.15, 0.2) is 0 Å². The van der Waals surface area contributed by atoms with Gasteiger partial charge in [0.05, 0.1) is 5.75 Å². The zero-order valence-electron chi connectivity index (χ0n) is 9.14. The highest BCUT2D eigenvalue weighted by molar-refractivity contribution is 9.10. The summed E-state index contributed by atoms with van der Waals surface area (Å²) in [6.45, 7) is 0.654. The average molecular weight is 317 g/mol. The van der Waals surface area contributed by atoms with Gasteiger partial charge in [-0.05, 0) is 30.7 Å². The Morgan fingerprint density at radius 1 is 1.29 bits per heavy atom. The molecule has 0 radical (unpaired) electrons. The molecule has 2 rings (SSSR count). The van der Waals surface area contributed by atoms with Gasteiger partial charge < -0.3 is 4.57 Å². The molecular weight excluding hydrogens is 304 g/mol. The minimum Gasteiger partial charge on any atom is -0.347 e. The molecule has 1 aromatic heterocycles. The molecule has 0 aliphatic rings. The second-order valence-corrected chi connectivity index (χ2v) is 6.58. The summed E-state index contributed by atoms with van der Waals surface area (Å²) in [6, 6.07) is 8.03. The molecule has 1 heterocycles. The summed E-state index contributed by atoms with van der Waals surface area (Å²) in [4.78, 5) is 0. The molecule has 2 N–H and O–H groups in total. The highest BCUT2D eigenvalue weighted by Crippen LogP contribution is 2.21. The Kier molecular flexibility index (Phi) is 3.56. The Balaban J connectivity index is 2.14. The molecule has 0 amide bonds. The van der Waals surface area contributed by atoms with E-state index in [1.165, 1.54) is 0 Å². The van der Waals surface area contributed by atoms with Crippen molar-refractivity contribution in [3.05, 3.63) is 34.9 Å². The van der Waals surface area contributed by atoms with Gasteiger partial charge in [0.1, 0.15) is 0 Å². The summed E-state index contributed by atoms with van der Waals surface area (Å²) >= 11 is 3.42.